The Morgan fingerprint density at radius 1 is 1.53 bits per heavy atom. The van der Waals surface area contributed by atoms with E-state index in [4.69, 9.17) is 10.5 Å². The zero-order valence-electron chi connectivity index (χ0n) is 10.2. The quantitative estimate of drug-likeness (QED) is 0.757. The highest BCUT2D eigenvalue weighted by atomic mass is 32.1. The number of hydrogen-bond donors (Lipinski definition) is 2. The van der Waals surface area contributed by atoms with Gasteiger partial charge < -0.3 is 20.0 Å². The van der Waals surface area contributed by atoms with E-state index in [1.165, 1.54) is 0 Å². The van der Waals surface area contributed by atoms with E-state index in [1.54, 1.807) is 12.5 Å². The fourth-order valence-electron chi connectivity index (χ4n) is 2.03. The van der Waals surface area contributed by atoms with Crippen LogP contribution in [0.3, 0.4) is 0 Å². The summed E-state index contributed by atoms with van der Waals surface area (Å²) in [6.45, 7) is 0.480. The molecule has 0 aliphatic heterocycles. The van der Waals surface area contributed by atoms with Crippen LogP contribution < -0.4 is 15.3 Å². The summed E-state index contributed by atoms with van der Waals surface area (Å²) in [5.74, 6) is 1.08. The van der Waals surface area contributed by atoms with Gasteiger partial charge in [0.05, 0.1) is 19.2 Å². The minimum absolute atomic E-state index is 0.0735. The fraction of sp³-hybridized carbons (Fsp3) is 0.167. The number of benzene rings is 1. The number of nitrogens with one attached hydrogen (secondary N) is 1. The van der Waals surface area contributed by atoms with Crippen molar-refractivity contribution in [3.8, 4) is 5.75 Å². The van der Waals surface area contributed by atoms with Gasteiger partial charge in [0, 0.05) is 11.1 Å². The maximum atomic E-state index is 11.2. The number of thiazole rings is 1. The molecule has 3 rings (SSSR count). The van der Waals surface area contributed by atoms with Crippen LogP contribution in [0, 0.1) is 0 Å². The van der Waals surface area contributed by atoms with Gasteiger partial charge in [0.2, 0.25) is 5.95 Å². The summed E-state index contributed by atoms with van der Waals surface area (Å²) in [7, 11) is 1.60. The van der Waals surface area contributed by atoms with Crippen LogP contribution in [-0.2, 0) is 6.54 Å². The summed E-state index contributed by atoms with van der Waals surface area (Å²) < 4.78 is 7.11. The minimum Gasteiger partial charge on any atom is -0.494 e. The van der Waals surface area contributed by atoms with Gasteiger partial charge in [-0.25, -0.2) is 4.98 Å². The van der Waals surface area contributed by atoms with Gasteiger partial charge in [0.25, 0.3) is 0 Å². The number of fused-ring (bicyclic) bond motifs is 1. The molecule has 3 N–H and O–H groups in total. The van der Waals surface area contributed by atoms with Crippen molar-refractivity contribution >= 4 is 28.3 Å². The molecule has 0 radical (unpaired) electrons. The predicted molar refractivity (Wildman–Crippen MR) is 74.7 cm³/mol. The van der Waals surface area contributed by atoms with Crippen LogP contribution >= 0.6 is 11.3 Å². The highest BCUT2D eigenvalue weighted by molar-refractivity contribution is 7.07. The molecule has 1 aromatic carbocycles. The summed E-state index contributed by atoms with van der Waals surface area (Å²) in [5, 5.41) is 1.79. The van der Waals surface area contributed by atoms with E-state index in [1.807, 2.05) is 22.8 Å². The number of para-hydroxylation sites is 1. The highest BCUT2D eigenvalue weighted by Crippen LogP contribution is 2.27. The lowest BCUT2D eigenvalue weighted by Gasteiger charge is -2.05. The Balaban J connectivity index is 2.13. The SMILES string of the molecule is COc1cccc2c1nc(N)n2Cc1csc(=O)[nH]1. The molecule has 0 aliphatic carbocycles. The van der Waals surface area contributed by atoms with Crippen LogP contribution in [0.4, 0.5) is 5.95 Å². The first kappa shape index (κ1) is 11.8. The van der Waals surface area contributed by atoms with E-state index >= 15 is 0 Å². The number of nitrogens with two attached hydrogens (primary N) is 1. The van der Waals surface area contributed by atoms with Crippen LogP contribution in [-0.4, -0.2) is 21.6 Å². The number of hydrogen-bond acceptors (Lipinski definition) is 5. The van der Waals surface area contributed by atoms with Crippen molar-refractivity contribution in [2.45, 2.75) is 6.54 Å². The van der Waals surface area contributed by atoms with Gasteiger partial charge >= 0.3 is 4.87 Å². The van der Waals surface area contributed by atoms with Crippen molar-refractivity contribution in [3.05, 3.63) is 38.9 Å². The van der Waals surface area contributed by atoms with Gasteiger partial charge in [0.15, 0.2) is 0 Å². The first-order valence-electron chi connectivity index (χ1n) is 5.64. The Morgan fingerprint density at radius 2 is 2.37 bits per heavy atom. The fourth-order valence-corrected chi connectivity index (χ4v) is 2.60. The molecule has 19 heavy (non-hydrogen) atoms. The predicted octanol–water partition coefficient (Wildman–Crippen LogP) is 1.43. The molecule has 0 unspecified atom stereocenters. The summed E-state index contributed by atoms with van der Waals surface area (Å²) in [4.78, 5) is 18.2. The summed E-state index contributed by atoms with van der Waals surface area (Å²) in [6, 6.07) is 5.65. The maximum absolute atomic E-state index is 11.2. The molecule has 98 valence electrons. The Labute approximate surface area is 112 Å². The average molecular weight is 276 g/mol. The van der Waals surface area contributed by atoms with Crippen molar-refractivity contribution in [3.63, 3.8) is 0 Å². The normalized spacial score (nSPS) is 11.0. The molecule has 6 nitrogen and oxygen atoms in total. The summed E-state index contributed by atoms with van der Waals surface area (Å²) in [5.41, 5.74) is 8.35. The number of ether oxygens (including phenoxy) is 1. The Kier molecular flexibility index (Phi) is 2.75. The topological polar surface area (TPSA) is 85.9 Å². The van der Waals surface area contributed by atoms with E-state index < -0.39 is 0 Å². The summed E-state index contributed by atoms with van der Waals surface area (Å²) in [6.07, 6.45) is 0. The first-order chi connectivity index (χ1) is 9.19. The molecule has 0 spiro atoms. The first-order valence-corrected chi connectivity index (χ1v) is 6.52. The van der Waals surface area contributed by atoms with Gasteiger partial charge in [0.1, 0.15) is 11.3 Å². The number of H-pyrrole nitrogens is 1. The molecular formula is C12H12N4O2S. The number of nitrogen functional groups attached to an aromatic ring is 1. The lowest BCUT2D eigenvalue weighted by molar-refractivity contribution is 0.419. The van der Waals surface area contributed by atoms with Gasteiger partial charge in [-0.05, 0) is 12.1 Å². The average Bonchev–Trinajstić information content (AvgIpc) is 2.94. The van der Waals surface area contributed by atoms with E-state index in [9.17, 15) is 4.79 Å². The standard InChI is InChI=1S/C12H12N4O2S/c1-18-9-4-2-3-8-10(9)15-11(13)16(8)5-7-6-19-12(17)14-7/h2-4,6H,5H2,1H3,(H2,13,15)(H,14,17). The number of aromatic amines is 1. The molecule has 0 amide bonds. The van der Waals surface area contributed by atoms with Gasteiger partial charge in [-0.15, -0.1) is 0 Å². The van der Waals surface area contributed by atoms with Crippen molar-refractivity contribution < 1.29 is 4.74 Å². The second kappa shape index (κ2) is 4.43. The Morgan fingerprint density at radius 3 is 3.05 bits per heavy atom. The van der Waals surface area contributed by atoms with Gasteiger partial charge in [-0.1, -0.05) is 17.4 Å². The molecule has 0 saturated heterocycles. The third-order valence-electron chi connectivity index (χ3n) is 2.89. The zero-order chi connectivity index (χ0) is 13.4. The molecular weight excluding hydrogens is 264 g/mol. The number of imidazole rings is 1. The molecule has 7 heteroatoms. The van der Waals surface area contributed by atoms with E-state index in [0.717, 1.165) is 28.1 Å². The molecule has 0 saturated carbocycles. The molecule has 3 aromatic rings. The monoisotopic (exact) mass is 276 g/mol. The van der Waals surface area contributed by atoms with E-state index in [2.05, 4.69) is 9.97 Å². The third-order valence-corrected chi connectivity index (χ3v) is 3.61. The molecule has 2 aromatic heterocycles. The number of methoxy groups -OCH3 is 1. The third kappa shape index (κ3) is 1.97. The van der Waals surface area contributed by atoms with Crippen molar-refractivity contribution in [2.24, 2.45) is 0 Å². The second-order valence-electron chi connectivity index (χ2n) is 4.06. The van der Waals surface area contributed by atoms with Crippen LogP contribution in [0.1, 0.15) is 5.69 Å². The molecule has 0 fully saturated rings. The lowest BCUT2D eigenvalue weighted by atomic mass is 10.3. The molecule has 0 bridgehead atoms. The van der Waals surface area contributed by atoms with Crippen LogP contribution in [0.5, 0.6) is 5.75 Å². The summed E-state index contributed by atoms with van der Waals surface area (Å²) >= 11 is 1.13. The Hall–Kier alpha value is -2.28. The number of rotatable bonds is 3. The highest BCUT2D eigenvalue weighted by Gasteiger charge is 2.12. The van der Waals surface area contributed by atoms with E-state index in [0.29, 0.717) is 18.2 Å². The Bertz CT molecular complexity index is 786. The number of anilines is 1. The van der Waals surface area contributed by atoms with Crippen molar-refractivity contribution in [1.29, 1.82) is 0 Å². The van der Waals surface area contributed by atoms with Crippen molar-refractivity contribution in [1.82, 2.24) is 14.5 Å². The molecule has 0 aliphatic rings. The maximum Gasteiger partial charge on any atom is 0.304 e. The van der Waals surface area contributed by atoms with Crippen LogP contribution in [0.2, 0.25) is 0 Å². The van der Waals surface area contributed by atoms with Crippen LogP contribution in [0.25, 0.3) is 11.0 Å². The number of aromatic nitrogens is 3. The molecule has 2 heterocycles. The smallest absolute Gasteiger partial charge is 0.304 e. The van der Waals surface area contributed by atoms with Gasteiger partial charge in [-0.3, -0.25) is 4.79 Å². The second-order valence-corrected chi connectivity index (χ2v) is 4.90. The lowest BCUT2D eigenvalue weighted by Crippen LogP contribution is -2.06. The molecule has 0 atom stereocenters. The van der Waals surface area contributed by atoms with E-state index in [-0.39, 0.29) is 4.87 Å². The van der Waals surface area contributed by atoms with Crippen LogP contribution in [0.15, 0.2) is 28.4 Å². The van der Waals surface area contributed by atoms with Crippen molar-refractivity contribution in [2.75, 3.05) is 12.8 Å². The minimum atomic E-state index is -0.0735. The van der Waals surface area contributed by atoms with Gasteiger partial charge in [-0.2, -0.15) is 0 Å². The largest absolute Gasteiger partial charge is 0.494 e. The number of nitrogens with zero attached hydrogens (tertiary/aromatic N) is 2. The zero-order valence-corrected chi connectivity index (χ0v) is 11.0.